The highest BCUT2D eigenvalue weighted by molar-refractivity contribution is 5.94. The molecule has 0 spiro atoms. The fourth-order valence-electron chi connectivity index (χ4n) is 1.73. The number of amides is 2. The average molecular weight is 314 g/mol. The molecule has 7 heteroatoms. The molecule has 0 heterocycles. The molecule has 1 aromatic rings. The third-order valence-corrected chi connectivity index (χ3v) is 2.91. The predicted octanol–water partition coefficient (Wildman–Crippen LogP) is 2.49. The Labute approximate surface area is 126 Å². The standard InChI is InChI=1S/C15H17F3N2O2/c1-10(9-14(22)20-8-2-3-13(19)21)11-4-6-12(7-5-11)15(16,17)18/h4-7,9H,2-3,8H2,1H3,(H2,19,21)(H,20,22)/b10-9-. The second kappa shape index (κ2) is 7.63. The van der Waals surface area contributed by atoms with Crippen molar-refractivity contribution in [2.45, 2.75) is 25.9 Å². The number of alkyl halides is 3. The molecule has 0 atom stereocenters. The molecule has 2 amide bonds. The smallest absolute Gasteiger partial charge is 0.370 e. The van der Waals surface area contributed by atoms with Gasteiger partial charge in [-0.05, 0) is 36.6 Å². The van der Waals surface area contributed by atoms with Crippen molar-refractivity contribution in [3.05, 3.63) is 41.5 Å². The summed E-state index contributed by atoms with van der Waals surface area (Å²) in [4.78, 5) is 22.1. The molecule has 3 N–H and O–H groups in total. The van der Waals surface area contributed by atoms with Crippen molar-refractivity contribution in [2.75, 3.05) is 6.54 Å². The molecule has 1 rings (SSSR count). The van der Waals surface area contributed by atoms with Crippen molar-refractivity contribution in [3.63, 3.8) is 0 Å². The Morgan fingerprint density at radius 3 is 2.32 bits per heavy atom. The van der Waals surface area contributed by atoms with Gasteiger partial charge in [0.25, 0.3) is 0 Å². The van der Waals surface area contributed by atoms with Gasteiger partial charge in [-0.15, -0.1) is 0 Å². The van der Waals surface area contributed by atoms with E-state index in [9.17, 15) is 22.8 Å². The Morgan fingerprint density at radius 1 is 1.23 bits per heavy atom. The fraction of sp³-hybridized carbons (Fsp3) is 0.333. The van der Waals surface area contributed by atoms with Gasteiger partial charge in [-0.3, -0.25) is 9.59 Å². The van der Waals surface area contributed by atoms with E-state index < -0.39 is 17.6 Å². The van der Waals surface area contributed by atoms with Gasteiger partial charge in [0.1, 0.15) is 0 Å². The van der Waals surface area contributed by atoms with Crippen LogP contribution in [-0.4, -0.2) is 18.4 Å². The number of allylic oxidation sites excluding steroid dienone is 1. The van der Waals surface area contributed by atoms with Crippen LogP contribution in [0.15, 0.2) is 30.3 Å². The zero-order valence-corrected chi connectivity index (χ0v) is 12.0. The molecular formula is C15H17F3N2O2. The summed E-state index contributed by atoms with van der Waals surface area (Å²) in [7, 11) is 0. The number of carbonyl (C=O) groups is 2. The molecule has 0 saturated heterocycles. The Balaban J connectivity index is 2.60. The monoisotopic (exact) mass is 314 g/mol. The number of hydrogen-bond donors (Lipinski definition) is 2. The molecule has 0 aliphatic carbocycles. The zero-order chi connectivity index (χ0) is 16.8. The van der Waals surface area contributed by atoms with E-state index in [1.165, 1.54) is 18.2 Å². The number of benzene rings is 1. The molecule has 0 fully saturated rings. The second-order valence-electron chi connectivity index (χ2n) is 4.76. The van der Waals surface area contributed by atoms with Gasteiger partial charge in [0, 0.05) is 19.0 Å². The number of carbonyl (C=O) groups excluding carboxylic acids is 2. The van der Waals surface area contributed by atoms with E-state index in [2.05, 4.69) is 5.32 Å². The van der Waals surface area contributed by atoms with Gasteiger partial charge in [-0.2, -0.15) is 13.2 Å². The minimum Gasteiger partial charge on any atom is -0.370 e. The molecule has 0 bridgehead atoms. The summed E-state index contributed by atoms with van der Waals surface area (Å²) in [6.45, 7) is 1.93. The number of rotatable bonds is 6. The number of hydrogen-bond acceptors (Lipinski definition) is 2. The van der Waals surface area contributed by atoms with Crippen LogP contribution in [0.3, 0.4) is 0 Å². The van der Waals surface area contributed by atoms with Crippen LogP contribution in [0.2, 0.25) is 0 Å². The first-order valence-corrected chi connectivity index (χ1v) is 6.62. The molecule has 1 aromatic carbocycles. The Hall–Kier alpha value is -2.31. The van der Waals surface area contributed by atoms with Crippen LogP contribution >= 0.6 is 0 Å². The molecule has 22 heavy (non-hydrogen) atoms. The molecule has 120 valence electrons. The molecule has 0 aromatic heterocycles. The molecule has 0 aliphatic rings. The van der Waals surface area contributed by atoms with Crippen LogP contribution in [0.1, 0.15) is 30.9 Å². The van der Waals surface area contributed by atoms with Gasteiger partial charge < -0.3 is 11.1 Å². The Bertz CT molecular complexity index is 563. The van der Waals surface area contributed by atoms with Crippen molar-refractivity contribution in [3.8, 4) is 0 Å². The lowest BCUT2D eigenvalue weighted by atomic mass is 10.0. The lowest BCUT2D eigenvalue weighted by Crippen LogP contribution is -2.23. The maximum Gasteiger partial charge on any atom is 0.416 e. The third kappa shape index (κ3) is 5.99. The van der Waals surface area contributed by atoms with E-state index in [0.717, 1.165) is 12.1 Å². The number of nitrogens with two attached hydrogens (primary N) is 1. The topological polar surface area (TPSA) is 72.2 Å². The van der Waals surface area contributed by atoms with E-state index >= 15 is 0 Å². The van der Waals surface area contributed by atoms with Crippen molar-refractivity contribution >= 4 is 17.4 Å². The van der Waals surface area contributed by atoms with Crippen molar-refractivity contribution in [2.24, 2.45) is 5.73 Å². The van der Waals surface area contributed by atoms with Gasteiger partial charge in [0.05, 0.1) is 5.56 Å². The molecular weight excluding hydrogens is 297 g/mol. The molecule has 0 saturated carbocycles. The summed E-state index contributed by atoms with van der Waals surface area (Å²) in [5.41, 5.74) is 5.30. The van der Waals surface area contributed by atoms with Gasteiger partial charge in [0.15, 0.2) is 0 Å². The summed E-state index contributed by atoms with van der Waals surface area (Å²) in [5.74, 6) is -0.812. The van der Waals surface area contributed by atoms with Crippen molar-refractivity contribution < 1.29 is 22.8 Å². The van der Waals surface area contributed by atoms with E-state index in [0.29, 0.717) is 24.1 Å². The molecule has 0 unspecified atom stereocenters. The first kappa shape index (κ1) is 17.7. The van der Waals surface area contributed by atoms with E-state index in [1.54, 1.807) is 6.92 Å². The average Bonchev–Trinajstić information content (AvgIpc) is 2.42. The first-order chi connectivity index (χ1) is 10.2. The van der Waals surface area contributed by atoms with Gasteiger partial charge in [-0.25, -0.2) is 0 Å². The van der Waals surface area contributed by atoms with Gasteiger partial charge in [0.2, 0.25) is 11.8 Å². The van der Waals surface area contributed by atoms with Gasteiger partial charge >= 0.3 is 6.18 Å². The fourth-order valence-corrected chi connectivity index (χ4v) is 1.73. The summed E-state index contributed by atoms with van der Waals surface area (Å²) in [5, 5.41) is 2.57. The quantitative estimate of drug-likeness (QED) is 0.625. The minimum atomic E-state index is -4.38. The van der Waals surface area contributed by atoms with Crippen LogP contribution in [0.5, 0.6) is 0 Å². The van der Waals surface area contributed by atoms with Crippen LogP contribution in [0.25, 0.3) is 5.57 Å². The van der Waals surface area contributed by atoms with Crippen LogP contribution < -0.4 is 11.1 Å². The highest BCUT2D eigenvalue weighted by Crippen LogP contribution is 2.29. The highest BCUT2D eigenvalue weighted by atomic mass is 19.4. The highest BCUT2D eigenvalue weighted by Gasteiger charge is 2.29. The maximum atomic E-state index is 12.4. The third-order valence-electron chi connectivity index (χ3n) is 2.91. The lowest BCUT2D eigenvalue weighted by molar-refractivity contribution is -0.137. The molecule has 4 nitrogen and oxygen atoms in total. The second-order valence-corrected chi connectivity index (χ2v) is 4.76. The van der Waals surface area contributed by atoms with Crippen LogP contribution in [0.4, 0.5) is 13.2 Å². The summed E-state index contributed by atoms with van der Waals surface area (Å²) in [6, 6.07) is 4.57. The number of halogens is 3. The van der Waals surface area contributed by atoms with Gasteiger partial charge in [-0.1, -0.05) is 12.1 Å². The number of primary amides is 1. The first-order valence-electron chi connectivity index (χ1n) is 6.62. The zero-order valence-electron chi connectivity index (χ0n) is 12.0. The predicted molar refractivity (Wildman–Crippen MR) is 76.5 cm³/mol. The molecule has 0 aliphatic heterocycles. The van der Waals surface area contributed by atoms with E-state index in [1.807, 2.05) is 0 Å². The summed E-state index contributed by atoms with van der Waals surface area (Å²) < 4.78 is 37.3. The maximum absolute atomic E-state index is 12.4. The van der Waals surface area contributed by atoms with Crippen LogP contribution in [0, 0.1) is 0 Å². The van der Waals surface area contributed by atoms with Crippen molar-refractivity contribution in [1.82, 2.24) is 5.32 Å². The van der Waals surface area contributed by atoms with E-state index in [-0.39, 0.29) is 12.3 Å². The summed E-state index contributed by atoms with van der Waals surface area (Å²) >= 11 is 0. The Kier molecular flexibility index (Phi) is 6.15. The lowest BCUT2D eigenvalue weighted by Gasteiger charge is -2.08. The number of nitrogens with one attached hydrogen (secondary N) is 1. The van der Waals surface area contributed by atoms with E-state index in [4.69, 9.17) is 5.73 Å². The largest absolute Gasteiger partial charge is 0.416 e. The van der Waals surface area contributed by atoms with Crippen molar-refractivity contribution in [1.29, 1.82) is 0 Å². The molecule has 0 radical (unpaired) electrons. The van der Waals surface area contributed by atoms with Crippen LogP contribution in [-0.2, 0) is 15.8 Å². The normalized spacial score (nSPS) is 12.1. The summed E-state index contributed by atoms with van der Waals surface area (Å²) in [6.07, 6.45) is -2.46. The Morgan fingerprint density at radius 2 is 1.82 bits per heavy atom. The SMILES string of the molecule is C/C(=C/C(=O)NCCCC(N)=O)c1ccc(C(F)(F)F)cc1. The minimum absolute atomic E-state index is 0.182.